The molecule has 1 aromatic carbocycles. The number of ether oxygens (including phenoxy) is 1. The lowest BCUT2D eigenvalue weighted by molar-refractivity contribution is -0.141. The van der Waals surface area contributed by atoms with Crippen LogP contribution in [0.2, 0.25) is 0 Å². The van der Waals surface area contributed by atoms with Crippen LogP contribution in [-0.4, -0.2) is 63.6 Å². The van der Waals surface area contributed by atoms with Crippen LogP contribution in [0.3, 0.4) is 0 Å². The number of methoxy groups -OCH3 is 1. The molecule has 1 saturated heterocycles. The Kier molecular flexibility index (Phi) is 6.88. The van der Waals surface area contributed by atoms with Gasteiger partial charge in [0, 0.05) is 35.8 Å². The zero-order chi connectivity index (χ0) is 21.6. The van der Waals surface area contributed by atoms with E-state index in [4.69, 9.17) is 4.74 Å². The number of benzene rings is 1. The van der Waals surface area contributed by atoms with Gasteiger partial charge in [-0.05, 0) is 31.0 Å². The van der Waals surface area contributed by atoms with Crippen LogP contribution in [0.5, 0.6) is 0 Å². The fourth-order valence-corrected chi connectivity index (χ4v) is 3.95. The third-order valence-electron chi connectivity index (χ3n) is 5.25. The van der Waals surface area contributed by atoms with E-state index in [0.29, 0.717) is 29.2 Å². The number of hydrogen-bond acceptors (Lipinski definition) is 9. The smallest absolute Gasteiger partial charge is 0.306 e. The van der Waals surface area contributed by atoms with E-state index in [1.54, 1.807) is 6.20 Å². The van der Waals surface area contributed by atoms with Gasteiger partial charge in [0.05, 0.1) is 19.7 Å². The lowest BCUT2D eigenvalue weighted by Gasteiger charge is -2.32. The van der Waals surface area contributed by atoms with Crippen molar-refractivity contribution < 1.29 is 9.53 Å². The number of nitrogens with one attached hydrogen (secondary N) is 2. The Hall–Kier alpha value is -2.85. The van der Waals surface area contributed by atoms with Gasteiger partial charge in [0.15, 0.2) is 5.82 Å². The molecular weight excluding hydrogens is 462 g/mol. The van der Waals surface area contributed by atoms with Crippen LogP contribution < -0.4 is 10.6 Å². The van der Waals surface area contributed by atoms with Gasteiger partial charge in [-0.1, -0.05) is 22.0 Å². The highest BCUT2D eigenvalue weighted by Gasteiger charge is 2.20. The molecule has 0 saturated carbocycles. The minimum atomic E-state index is -0.167. The lowest BCUT2D eigenvalue weighted by atomic mass is 10.1. The molecular formula is C21H24BrN7O2. The molecule has 0 bridgehead atoms. The van der Waals surface area contributed by atoms with Crippen molar-refractivity contribution in [3.8, 4) is 0 Å². The number of nitrogens with zero attached hydrogens (tertiary/aromatic N) is 5. The highest BCUT2D eigenvalue weighted by molar-refractivity contribution is 9.10. The summed E-state index contributed by atoms with van der Waals surface area (Å²) < 4.78 is 5.69. The summed E-state index contributed by atoms with van der Waals surface area (Å²) in [4.78, 5) is 31.4. The molecule has 4 rings (SSSR count). The van der Waals surface area contributed by atoms with Crippen molar-refractivity contribution in [1.82, 2.24) is 24.8 Å². The van der Waals surface area contributed by atoms with E-state index in [1.807, 2.05) is 24.3 Å². The number of piperidine rings is 1. The molecule has 1 fully saturated rings. The predicted octanol–water partition coefficient (Wildman–Crippen LogP) is 3.37. The molecule has 2 N–H and O–H groups in total. The summed E-state index contributed by atoms with van der Waals surface area (Å²) in [5.41, 5.74) is 2.24. The first kappa shape index (κ1) is 21.4. The highest BCUT2D eigenvalue weighted by atomic mass is 79.9. The Bertz CT molecular complexity index is 1060. The van der Waals surface area contributed by atoms with E-state index >= 15 is 0 Å². The van der Waals surface area contributed by atoms with Gasteiger partial charge in [-0.25, -0.2) is 19.9 Å². The lowest BCUT2D eigenvalue weighted by Crippen LogP contribution is -2.40. The molecule has 0 atom stereocenters. The molecule has 0 spiro atoms. The number of esters is 1. The van der Waals surface area contributed by atoms with Crippen molar-refractivity contribution in [2.24, 2.45) is 0 Å². The first-order chi connectivity index (χ1) is 15.1. The number of carbonyl (C=O) groups is 1. The Morgan fingerprint density at radius 3 is 2.87 bits per heavy atom. The summed E-state index contributed by atoms with van der Waals surface area (Å²) in [6.45, 7) is 2.57. The molecule has 0 unspecified atom stereocenters. The van der Waals surface area contributed by atoms with Gasteiger partial charge in [0.25, 0.3) is 0 Å². The van der Waals surface area contributed by atoms with Crippen LogP contribution in [0.1, 0.15) is 19.3 Å². The quantitative estimate of drug-likeness (QED) is 0.487. The molecule has 3 heterocycles. The van der Waals surface area contributed by atoms with E-state index in [2.05, 4.69) is 51.4 Å². The van der Waals surface area contributed by atoms with E-state index < -0.39 is 0 Å². The number of likely N-dealkylation sites (tertiary alicyclic amines) is 1. The minimum Gasteiger partial charge on any atom is -0.469 e. The van der Waals surface area contributed by atoms with Gasteiger partial charge in [-0.2, -0.15) is 0 Å². The second kappa shape index (κ2) is 9.97. The van der Waals surface area contributed by atoms with Crippen LogP contribution in [0.15, 0.2) is 41.3 Å². The van der Waals surface area contributed by atoms with E-state index in [1.165, 1.54) is 13.4 Å². The Morgan fingerprint density at radius 2 is 2.10 bits per heavy atom. The summed E-state index contributed by atoms with van der Waals surface area (Å²) in [6, 6.07) is 8.14. The topological polar surface area (TPSA) is 105 Å². The second-order valence-electron chi connectivity index (χ2n) is 7.37. The third kappa shape index (κ3) is 5.65. The fourth-order valence-electron chi connectivity index (χ4n) is 3.55. The summed E-state index contributed by atoms with van der Waals surface area (Å²) in [7, 11) is 1.42. The summed E-state index contributed by atoms with van der Waals surface area (Å²) in [5, 5.41) is 6.75. The summed E-state index contributed by atoms with van der Waals surface area (Å²) in [6.07, 6.45) is 5.55. The number of aromatic nitrogens is 4. The SMILES string of the molecule is COC(=O)CCN1CCC(Nc2ncc3ncnc(Nc4cccc(Br)c4)c3n2)CC1. The third-order valence-corrected chi connectivity index (χ3v) is 5.74. The largest absolute Gasteiger partial charge is 0.469 e. The first-order valence-corrected chi connectivity index (χ1v) is 11.0. The molecule has 0 radical (unpaired) electrons. The minimum absolute atomic E-state index is 0.167. The van der Waals surface area contributed by atoms with Crippen LogP contribution in [0.25, 0.3) is 11.0 Å². The highest BCUT2D eigenvalue weighted by Crippen LogP contribution is 2.24. The van der Waals surface area contributed by atoms with Gasteiger partial charge < -0.3 is 20.3 Å². The zero-order valence-electron chi connectivity index (χ0n) is 17.2. The molecule has 0 aliphatic carbocycles. The normalized spacial score (nSPS) is 15.0. The maximum atomic E-state index is 11.3. The van der Waals surface area contributed by atoms with Crippen LogP contribution in [-0.2, 0) is 9.53 Å². The van der Waals surface area contributed by atoms with Crippen LogP contribution in [0, 0.1) is 0 Å². The number of hydrogen-bond donors (Lipinski definition) is 2. The second-order valence-corrected chi connectivity index (χ2v) is 8.29. The monoisotopic (exact) mass is 485 g/mol. The molecule has 1 aliphatic heterocycles. The molecule has 0 amide bonds. The van der Waals surface area contributed by atoms with Crippen molar-refractivity contribution in [3.63, 3.8) is 0 Å². The average Bonchev–Trinajstić information content (AvgIpc) is 2.79. The molecule has 162 valence electrons. The van der Waals surface area contributed by atoms with Gasteiger partial charge in [0.1, 0.15) is 17.4 Å². The number of halogens is 1. The van der Waals surface area contributed by atoms with Gasteiger partial charge in [-0.3, -0.25) is 4.79 Å². The number of fused-ring (bicyclic) bond motifs is 1. The first-order valence-electron chi connectivity index (χ1n) is 10.2. The van der Waals surface area contributed by atoms with Crippen molar-refractivity contribution in [1.29, 1.82) is 0 Å². The van der Waals surface area contributed by atoms with E-state index in [-0.39, 0.29) is 12.0 Å². The van der Waals surface area contributed by atoms with Gasteiger partial charge >= 0.3 is 5.97 Å². The zero-order valence-corrected chi connectivity index (χ0v) is 18.8. The molecule has 2 aromatic heterocycles. The van der Waals surface area contributed by atoms with Crippen molar-refractivity contribution in [2.75, 3.05) is 37.4 Å². The number of carbonyl (C=O) groups excluding carboxylic acids is 1. The maximum absolute atomic E-state index is 11.3. The number of anilines is 3. The average molecular weight is 486 g/mol. The molecule has 1 aliphatic rings. The van der Waals surface area contributed by atoms with Crippen LogP contribution in [0.4, 0.5) is 17.5 Å². The molecule has 9 nitrogen and oxygen atoms in total. The number of rotatable bonds is 7. The Balaban J connectivity index is 1.42. The standard InChI is InChI=1S/C21H24BrN7O2/c1-31-18(30)7-10-29-8-5-15(6-9-29)27-21-23-12-17-19(28-21)20(25-13-24-17)26-16-4-2-3-14(22)11-16/h2-4,11-13,15H,5-10H2,1H3,(H,23,27,28)(H,24,25,26). The maximum Gasteiger partial charge on any atom is 0.306 e. The van der Waals surface area contributed by atoms with E-state index in [9.17, 15) is 4.79 Å². The predicted molar refractivity (Wildman–Crippen MR) is 122 cm³/mol. The van der Waals surface area contributed by atoms with Gasteiger partial charge in [-0.15, -0.1) is 0 Å². The summed E-state index contributed by atoms with van der Waals surface area (Å²) in [5.74, 6) is 1.03. The Morgan fingerprint density at radius 1 is 1.26 bits per heavy atom. The molecule has 31 heavy (non-hydrogen) atoms. The van der Waals surface area contributed by atoms with Gasteiger partial charge in [0.2, 0.25) is 5.95 Å². The summed E-state index contributed by atoms with van der Waals surface area (Å²) >= 11 is 3.48. The van der Waals surface area contributed by atoms with Crippen molar-refractivity contribution >= 4 is 50.4 Å². The van der Waals surface area contributed by atoms with E-state index in [0.717, 1.165) is 42.6 Å². The van der Waals surface area contributed by atoms with Crippen molar-refractivity contribution in [2.45, 2.75) is 25.3 Å². The molecule has 3 aromatic rings. The Labute approximate surface area is 188 Å². The molecule has 10 heteroatoms. The fraction of sp³-hybridized carbons (Fsp3) is 0.381. The van der Waals surface area contributed by atoms with Crippen molar-refractivity contribution in [3.05, 3.63) is 41.3 Å². The van der Waals surface area contributed by atoms with Crippen LogP contribution >= 0.6 is 15.9 Å².